The molecule has 0 bridgehead atoms. The largest absolute Gasteiger partial charge is 0.478 e. The first-order valence-electron chi connectivity index (χ1n) is 6.85. The van der Waals surface area contributed by atoms with Crippen LogP contribution in [0, 0.1) is 0 Å². The van der Waals surface area contributed by atoms with E-state index in [-0.39, 0.29) is 0 Å². The lowest BCUT2D eigenvalue weighted by Gasteiger charge is -2.21. The second-order valence-corrected chi connectivity index (χ2v) is 5.40. The third kappa shape index (κ3) is 1.96. The molecule has 0 aromatic heterocycles. The summed E-state index contributed by atoms with van der Waals surface area (Å²) in [5, 5.41) is 9.06. The van der Waals surface area contributed by atoms with Gasteiger partial charge in [0, 0.05) is 0 Å². The van der Waals surface area contributed by atoms with Gasteiger partial charge in [-0.2, -0.15) is 0 Å². The van der Waals surface area contributed by atoms with Gasteiger partial charge in [0.25, 0.3) is 0 Å². The van der Waals surface area contributed by atoms with Crippen molar-refractivity contribution in [2.24, 2.45) is 0 Å². The van der Waals surface area contributed by atoms with Crippen molar-refractivity contribution in [2.75, 3.05) is 0 Å². The topological polar surface area (TPSA) is 37.3 Å². The maximum Gasteiger partial charge on any atom is 0.336 e. The number of hydrogen-bond acceptors (Lipinski definition) is 1. The van der Waals surface area contributed by atoms with Gasteiger partial charge in [-0.25, -0.2) is 4.79 Å². The SMILES string of the molecule is O=C(O)C1=Cc2ccc(C3CCCCCC3)cc21. The van der Waals surface area contributed by atoms with Gasteiger partial charge in [0.1, 0.15) is 0 Å². The summed E-state index contributed by atoms with van der Waals surface area (Å²) in [6.45, 7) is 0. The van der Waals surface area contributed by atoms with Gasteiger partial charge in [0.05, 0.1) is 5.57 Å². The van der Waals surface area contributed by atoms with Gasteiger partial charge in [-0.05, 0) is 41.5 Å². The Morgan fingerprint density at radius 3 is 2.50 bits per heavy atom. The van der Waals surface area contributed by atoms with Gasteiger partial charge in [-0.3, -0.25) is 0 Å². The molecule has 0 heterocycles. The fourth-order valence-electron chi connectivity index (χ4n) is 3.13. The van der Waals surface area contributed by atoms with Crippen molar-refractivity contribution in [3.63, 3.8) is 0 Å². The lowest BCUT2D eigenvalue weighted by atomic mass is 9.83. The average Bonchev–Trinajstić information content (AvgIpc) is 2.59. The highest BCUT2D eigenvalue weighted by molar-refractivity contribution is 6.26. The number of carbonyl (C=O) groups is 1. The molecule has 1 saturated carbocycles. The molecule has 2 aliphatic carbocycles. The summed E-state index contributed by atoms with van der Waals surface area (Å²) in [6.07, 6.45) is 9.58. The monoisotopic (exact) mass is 242 g/mol. The van der Waals surface area contributed by atoms with Crippen LogP contribution < -0.4 is 0 Å². The Hall–Kier alpha value is -1.57. The minimum absolute atomic E-state index is 0.473. The number of benzene rings is 1. The van der Waals surface area contributed by atoms with Crippen LogP contribution in [0.1, 0.15) is 61.1 Å². The summed E-state index contributed by atoms with van der Waals surface area (Å²) in [5.74, 6) is -0.172. The fraction of sp³-hybridized carbons (Fsp3) is 0.438. The Morgan fingerprint density at radius 1 is 1.11 bits per heavy atom. The highest BCUT2D eigenvalue weighted by Crippen LogP contribution is 2.38. The number of rotatable bonds is 2. The van der Waals surface area contributed by atoms with E-state index in [4.69, 9.17) is 5.11 Å². The van der Waals surface area contributed by atoms with E-state index >= 15 is 0 Å². The molecular weight excluding hydrogens is 224 g/mol. The van der Waals surface area contributed by atoms with Crippen LogP contribution in [0.15, 0.2) is 18.2 Å². The van der Waals surface area contributed by atoms with E-state index in [1.54, 1.807) is 6.08 Å². The zero-order valence-corrected chi connectivity index (χ0v) is 10.5. The average molecular weight is 242 g/mol. The summed E-state index contributed by atoms with van der Waals surface area (Å²) in [4.78, 5) is 11.0. The molecule has 18 heavy (non-hydrogen) atoms. The lowest BCUT2D eigenvalue weighted by molar-refractivity contribution is -0.130. The van der Waals surface area contributed by atoms with Crippen LogP contribution in [0.3, 0.4) is 0 Å². The Labute approximate surface area is 107 Å². The van der Waals surface area contributed by atoms with Gasteiger partial charge >= 0.3 is 5.97 Å². The number of carboxylic acids is 1. The molecule has 2 nitrogen and oxygen atoms in total. The fourth-order valence-corrected chi connectivity index (χ4v) is 3.13. The van der Waals surface area contributed by atoms with Crippen LogP contribution >= 0.6 is 0 Å². The first-order valence-corrected chi connectivity index (χ1v) is 6.85. The van der Waals surface area contributed by atoms with Crippen molar-refractivity contribution in [3.8, 4) is 0 Å². The third-order valence-electron chi connectivity index (χ3n) is 4.22. The van der Waals surface area contributed by atoms with E-state index in [0.29, 0.717) is 11.5 Å². The van der Waals surface area contributed by atoms with E-state index in [1.165, 1.54) is 44.1 Å². The van der Waals surface area contributed by atoms with E-state index in [0.717, 1.165) is 11.1 Å². The van der Waals surface area contributed by atoms with E-state index in [2.05, 4.69) is 18.2 Å². The standard InChI is InChI=1S/C16H18O2/c17-16(18)15-10-13-8-7-12(9-14(13)15)11-5-3-1-2-4-6-11/h7-11H,1-6H2,(H,17,18). The Morgan fingerprint density at radius 2 is 1.83 bits per heavy atom. The van der Waals surface area contributed by atoms with Crippen molar-refractivity contribution < 1.29 is 9.90 Å². The van der Waals surface area contributed by atoms with E-state index in [1.807, 2.05) is 0 Å². The van der Waals surface area contributed by atoms with Crippen molar-refractivity contribution in [2.45, 2.75) is 44.4 Å². The molecular formula is C16H18O2. The van der Waals surface area contributed by atoms with Crippen LogP contribution in [0.4, 0.5) is 0 Å². The predicted molar refractivity (Wildman–Crippen MR) is 72.4 cm³/mol. The first kappa shape index (κ1) is 11.5. The molecule has 2 heteroatoms. The third-order valence-corrected chi connectivity index (χ3v) is 4.22. The maximum atomic E-state index is 11.0. The van der Waals surface area contributed by atoms with Crippen LogP contribution in [0.5, 0.6) is 0 Å². The molecule has 1 N–H and O–H groups in total. The van der Waals surface area contributed by atoms with Gasteiger partial charge in [0.15, 0.2) is 0 Å². The van der Waals surface area contributed by atoms with E-state index in [9.17, 15) is 4.79 Å². The minimum Gasteiger partial charge on any atom is -0.478 e. The Balaban J connectivity index is 1.85. The molecule has 1 fully saturated rings. The zero-order valence-electron chi connectivity index (χ0n) is 10.5. The first-order chi connectivity index (χ1) is 8.75. The molecule has 1 aromatic carbocycles. The molecule has 0 saturated heterocycles. The van der Waals surface area contributed by atoms with Crippen LogP contribution in [0.25, 0.3) is 11.6 Å². The number of fused-ring (bicyclic) bond motifs is 1. The molecule has 0 aliphatic heterocycles. The molecule has 0 spiro atoms. The Bertz CT molecular complexity index is 506. The van der Waals surface area contributed by atoms with Crippen molar-refractivity contribution >= 4 is 17.6 Å². The van der Waals surface area contributed by atoms with Crippen LogP contribution in [-0.2, 0) is 4.79 Å². The van der Waals surface area contributed by atoms with E-state index < -0.39 is 5.97 Å². The lowest BCUT2D eigenvalue weighted by Crippen LogP contribution is -2.10. The van der Waals surface area contributed by atoms with Gasteiger partial charge in [0.2, 0.25) is 0 Å². The minimum atomic E-state index is -0.805. The highest BCUT2D eigenvalue weighted by atomic mass is 16.4. The summed E-state index contributed by atoms with van der Waals surface area (Å²) < 4.78 is 0. The molecule has 3 rings (SSSR count). The molecule has 0 amide bonds. The summed E-state index contributed by atoms with van der Waals surface area (Å²) in [7, 11) is 0. The molecule has 0 unspecified atom stereocenters. The van der Waals surface area contributed by atoms with Crippen molar-refractivity contribution in [1.82, 2.24) is 0 Å². The molecule has 0 atom stereocenters. The van der Waals surface area contributed by atoms with Crippen molar-refractivity contribution in [3.05, 3.63) is 34.9 Å². The highest BCUT2D eigenvalue weighted by Gasteiger charge is 2.24. The quantitative estimate of drug-likeness (QED) is 0.794. The maximum absolute atomic E-state index is 11.0. The van der Waals surface area contributed by atoms with Crippen molar-refractivity contribution in [1.29, 1.82) is 0 Å². The molecule has 1 aromatic rings. The second-order valence-electron chi connectivity index (χ2n) is 5.40. The van der Waals surface area contributed by atoms with Gasteiger partial charge < -0.3 is 5.11 Å². The number of carboxylic acid groups (broad SMARTS) is 1. The molecule has 94 valence electrons. The number of aliphatic carboxylic acids is 1. The molecule has 0 radical (unpaired) electrons. The zero-order chi connectivity index (χ0) is 12.5. The smallest absolute Gasteiger partial charge is 0.336 e. The summed E-state index contributed by atoms with van der Waals surface area (Å²) in [6, 6.07) is 6.36. The van der Waals surface area contributed by atoms with Gasteiger partial charge in [-0.1, -0.05) is 43.9 Å². The second kappa shape index (κ2) is 4.60. The predicted octanol–water partition coefficient (Wildman–Crippen LogP) is 4.06. The summed E-state index contributed by atoms with van der Waals surface area (Å²) >= 11 is 0. The van der Waals surface area contributed by atoms with Gasteiger partial charge in [-0.15, -0.1) is 0 Å². The summed E-state index contributed by atoms with van der Waals surface area (Å²) in [5.41, 5.74) is 3.82. The van der Waals surface area contributed by atoms with Crippen LogP contribution in [-0.4, -0.2) is 11.1 Å². The number of hydrogen-bond donors (Lipinski definition) is 1. The van der Waals surface area contributed by atoms with Crippen LogP contribution in [0.2, 0.25) is 0 Å². The normalized spacial score (nSPS) is 19.4. The molecule has 2 aliphatic rings. The Kier molecular flexibility index (Phi) is 2.94.